The molecule has 0 unspecified atom stereocenters. The topological polar surface area (TPSA) is 35.5 Å². The Morgan fingerprint density at radius 1 is 1.06 bits per heavy atom. The number of hydrogen-bond acceptors (Lipinski definition) is 3. The fourth-order valence-electron chi connectivity index (χ4n) is 2.44. The maximum Gasteiger partial charge on any atom is 0.231 e. The number of Topliss-reactive ketones (excluding diaryl/α,β-unsaturated/α-hetero) is 1. The largest absolute Gasteiger partial charge is 0.454 e. The van der Waals surface area contributed by atoms with Crippen LogP contribution in [0.5, 0.6) is 11.5 Å². The van der Waals surface area contributed by atoms with Gasteiger partial charge in [0.15, 0.2) is 17.3 Å². The fourth-order valence-corrected chi connectivity index (χ4v) is 2.44. The number of hydrogen-bond donors (Lipinski definition) is 0. The van der Waals surface area contributed by atoms with Crippen LogP contribution in [-0.4, -0.2) is 12.6 Å². The van der Waals surface area contributed by atoms with E-state index in [1.165, 1.54) is 12.8 Å². The summed E-state index contributed by atoms with van der Waals surface area (Å²) in [5.74, 6) is 1.53. The average Bonchev–Trinajstić information content (AvgIpc) is 2.69. The molecule has 0 aromatic heterocycles. The number of ether oxygens (including phenoxy) is 2. The van der Waals surface area contributed by atoms with Crippen LogP contribution in [0.1, 0.15) is 42.5 Å². The van der Waals surface area contributed by atoms with Crippen LogP contribution >= 0.6 is 0 Å². The first-order chi connectivity index (χ1) is 8.84. The van der Waals surface area contributed by atoms with Crippen LogP contribution in [0.3, 0.4) is 0 Å². The van der Waals surface area contributed by atoms with E-state index in [-0.39, 0.29) is 12.6 Å². The Labute approximate surface area is 106 Å². The number of allylic oxidation sites excluding steroid dienone is 2. The van der Waals surface area contributed by atoms with Crippen LogP contribution in [0.4, 0.5) is 0 Å². The third-order valence-electron chi connectivity index (χ3n) is 3.47. The maximum absolute atomic E-state index is 12.4. The summed E-state index contributed by atoms with van der Waals surface area (Å²) < 4.78 is 10.6. The van der Waals surface area contributed by atoms with Crippen LogP contribution in [-0.2, 0) is 0 Å². The number of rotatable bonds is 2. The van der Waals surface area contributed by atoms with Gasteiger partial charge in [-0.25, -0.2) is 0 Å². The molecule has 18 heavy (non-hydrogen) atoms. The second-order valence-electron chi connectivity index (χ2n) is 4.73. The van der Waals surface area contributed by atoms with Gasteiger partial charge in [0.2, 0.25) is 6.79 Å². The lowest BCUT2D eigenvalue weighted by molar-refractivity contribution is 0.103. The van der Waals surface area contributed by atoms with E-state index in [1.807, 2.05) is 12.1 Å². The number of carbonyl (C=O) groups excluding carboxylic acids is 1. The summed E-state index contributed by atoms with van der Waals surface area (Å²) in [6, 6.07) is 5.42. The van der Waals surface area contributed by atoms with Gasteiger partial charge in [0.25, 0.3) is 0 Å². The Morgan fingerprint density at radius 2 is 1.94 bits per heavy atom. The molecular weight excluding hydrogens is 228 g/mol. The van der Waals surface area contributed by atoms with Gasteiger partial charge in [-0.1, -0.05) is 12.5 Å². The lowest BCUT2D eigenvalue weighted by atomic mass is 9.99. The van der Waals surface area contributed by atoms with Crippen LogP contribution in [0, 0.1) is 0 Å². The highest BCUT2D eigenvalue weighted by molar-refractivity contribution is 6.09. The zero-order valence-corrected chi connectivity index (χ0v) is 10.3. The molecule has 0 fully saturated rings. The predicted octanol–water partition coefficient (Wildman–Crippen LogP) is 3.49. The fraction of sp³-hybridized carbons (Fsp3) is 0.400. The van der Waals surface area contributed by atoms with E-state index in [2.05, 4.69) is 6.08 Å². The molecule has 3 rings (SSSR count). The first-order valence-electron chi connectivity index (χ1n) is 6.48. The van der Waals surface area contributed by atoms with Crippen LogP contribution in [0.2, 0.25) is 0 Å². The summed E-state index contributed by atoms with van der Waals surface area (Å²) in [4.78, 5) is 12.4. The summed E-state index contributed by atoms with van der Waals surface area (Å²) in [7, 11) is 0. The quantitative estimate of drug-likeness (QED) is 0.747. The highest BCUT2D eigenvalue weighted by atomic mass is 16.7. The van der Waals surface area contributed by atoms with Gasteiger partial charge in [-0.3, -0.25) is 4.79 Å². The van der Waals surface area contributed by atoms with Crippen molar-refractivity contribution < 1.29 is 14.3 Å². The summed E-state index contributed by atoms with van der Waals surface area (Å²) in [5.41, 5.74) is 1.65. The minimum Gasteiger partial charge on any atom is -0.454 e. The molecule has 3 nitrogen and oxygen atoms in total. The van der Waals surface area contributed by atoms with Crippen molar-refractivity contribution in [3.8, 4) is 11.5 Å². The molecule has 1 heterocycles. The lowest BCUT2D eigenvalue weighted by Gasteiger charge is -2.05. The minimum atomic E-state index is 0.134. The van der Waals surface area contributed by atoms with Crippen molar-refractivity contribution in [3.63, 3.8) is 0 Å². The number of carbonyl (C=O) groups is 1. The summed E-state index contributed by atoms with van der Waals surface area (Å²) in [5, 5.41) is 0. The Balaban J connectivity index is 1.85. The van der Waals surface area contributed by atoms with Crippen LogP contribution in [0.25, 0.3) is 0 Å². The predicted molar refractivity (Wildman–Crippen MR) is 68.1 cm³/mol. The van der Waals surface area contributed by atoms with Gasteiger partial charge in [0.05, 0.1) is 0 Å². The highest BCUT2D eigenvalue weighted by Gasteiger charge is 2.18. The molecule has 3 heteroatoms. The molecule has 0 saturated heterocycles. The number of ketones is 1. The van der Waals surface area contributed by atoms with Gasteiger partial charge < -0.3 is 9.47 Å². The highest BCUT2D eigenvalue weighted by Crippen LogP contribution is 2.33. The van der Waals surface area contributed by atoms with Gasteiger partial charge >= 0.3 is 0 Å². The van der Waals surface area contributed by atoms with Crippen molar-refractivity contribution in [1.82, 2.24) is 0 Å². The molecule has 0 radical (unpaired) electrons. The van der Waals surface area contributed by atoms with E-state index in [0.29, 0.717) is 11.3 Å². The first kappa shape index (κ1) is 11.3. The Hall–Kier alpha value is -1.77. The first-order valence-corrected chi connectivity index (χ1v) is 6.48. The Bertz CT molecular complexity index is 502. The van der Waals surface area contributed by atoms with E-state index in [0.717, 1.165) is 30.6 Å². The third kappa shape index (κ3) is 2.13. The monoisotopic (exact) mass is 244 g/mol. The molecule has 0 atom stereocenters. The van der Waals surface area contributed by atoms with Crippen molar-refractivity contribution in [2.75, 3.05) is 6.79 Å². The van der Waals surface area contributed by atoms with Gasteiger partial charge in [0.1, 0.15) is 0 Å². The van der Waals surface area contributed by atoms with Gasteiger partial charge in [-0.15, -0.1) is 0 Å². The van der Waals surface area contributed by atoms with Crippen molar-refractivity contribution in [3.05, 3.63) is 35.4 Å². The van der Waals surface area contributed by atoms with Crippen LogP contribution in [0.15, 0.2) is 29.8 Å². The van der Waals surface area contributed by atoms with Gasteiger partial charge in [-0.2, -0.15) is 0 Å². The molecule has 0 N–H and O–H groups in total. The zero-order valence-electron chi connectivity index (χ0n) is 10.3. The number of benzene rings is 1. The summed E-state index contributed by atoms with van der Waals surface area (Å²) in [6.07, 6.45) is 7.54. The van der Waals surface area contributed by atoms with E-state index in [4.69, 9.17) is 9.47 Å². The molecule has 1 aromatic carbocycles. The minimum absolute atomic E-state index is 0.134. The van der Waals surface area contributed by atoms with Gasteiger partial charge in [-0.05, 0) is 49.5 Å². The SMILES string of the molecule is O=C(C1=CCCCCC1)c1ccc2c(c1)OCO2. The van der Waals surface area contributed by atoms with Crippen molar-refractivity contribution >= 4 is 5.78 Å². The second-order valence-corrected chi connectivity index (χ2v) is 4.73. The molecule has 1 aromatic rings. The zero-order chi connectivity index (χ0) is 12.4. The standard InChI is InChI=1S/C15H16O3/c16-15(11-5-3-1-2-4-6-11)12-7-8-13-14(9-12)18-10-17-13/h5,7-9H,1-4,6,10H2. The van der Waals surface area contributed by atoms with Crippen LogP contribution < -0.4 is 9.47 Å². The summed E-state index contributed by atoms with van der Waals surface area (Å²) in [6.45, 7) is 0.246. The van der Waals surface area contributed by atoms with E-state index < -0.39 is 0 Å². The van der Waals surface area contributed by atoms with Crippen molar-refractivity contribution in [2.24, 2.45) is 0 Å². The van der Waals surface area contributed by atoms with Gasteiger partial charge in [0, 0.05) is 5.56 Å². The Morgan fingerprint density at radius 3 is 2.89 bits per heavy atom. The molecule has 0 spiro atoms. The number of fused-ring (bicyclic) bond motifs is 1. The average molecular weight is 244 g/mol. The van der Waals surface area contributed by atoms with Crippen molar-refractivity contribution in [1.29, 1.82) is 0 Å². The molecule has 1 aliphatic carbocycles. The maximum atomic E-state index is 12.4. The third-order valence-corrected chi connectivity index (χ3v) is 3.47. The summed E-state index contributed by atoms with van der Waals surface area (Å²) >= 11 is 0. The molecule has 2 aliphatic rings. The molecule has 0 amide bonds. The smallest absolute Gasteiger partial charge is 0.231 e. The molecule has 0 saturated carbocycles. The second kappa shape index (κ2) is 4.84. The molecular formula is C15H16O3. The van der Waals surface area contributed by atoms with E-state index >= 15 is 0 Å². The lowest BCUT2D eigenvalue weighted by Crippen LogP contribution is -2.03. The molecule has 1 aliphatic heterocycles. The van der Waals surface area contributed by atoms with Crippen molar-refractivity contribution in [2.45, 2.75) is 32.1 Å². The molecule has 94 valence electrons. The normalized spacial score (nSPS) is 18.1. The van der Waals surface area contributed by atoms with E-state index in [1.54, 1.807) is 6.07 Å². The molecule has 0 bridgehead atoms. The Kier molecular flexibility index (Phi) is 3.05. The van der Waals surface area contributed by atoms with E-state index in [9.17, 15) is 4.79 Å².